The number of methoxy groups -OCH3 is 1. The van der Waals surface area contributed by atoms with Crippen LogP contribution in [-0.4, -0.2) is 13.2 Å². The van der Waals surface area contributed by atoms with Crippen LogP contribution in [0.4, 0.5) is 0 Å². The Labute approximate surface area is 118 Å². The smallest absolute Gasteiger partial charge is 0.133 e. The molecule has 3 nitrogen and oxygen atoms in total. The van der Waals surface area contributed by atoms with Gasteiger partial charge >= 0.3 is 0 Å². The highest BCUT2D eigenvalue weighted by atomic mass is 79.9. The lowest BCUT2D eigenvalue weighted by Gasteiger charge is -2.23. The number of hydrazine groups is 1. The van der Waals surface area contributed by atoms with Crippen LogP contribution in [0.3, 0.4) is 0 Å². The summed E-state index contributed by atoms with van der Waals surface area (Å²) in [6, 6.07) is 6.48. The van der Waals surface area contributed by atoms with Crippen LogP contribution in [0, 0.1) is 5.92 Å². The summed E-state index contributed by atoms with van der Waals surface area (Å²) in [7, 11) is 1.67. The second kappa shape index (κ2) is 7.77. The lowest BCUT2D eigenvalue weighted by molar-refractivity contribution is 0.356. The van der Waals surface area contributed by atoms with Gasteiger partial charge in [-0.15, -0.1) is 0 Å². The Kier molecular flexibility index (Phi) is 6.68. The Bertz CT molecular complexity index is 371. The first-order valence-corrected chi connectivity index (χ1v) is 7.20. The predicted octanol–water partition coefficient (Wildman–Crippen LogP) is 3.27. The lowest BCUT2D eigenvalue weighted by atomic mass is 9.92. The number of hydrogen-bond acceptors (Lipinski definition) is 3. The molecule has 0 bridgehead atoms. The Hall–Kier alpha value is -0.580. The van der Waals surface area contributed by atoms with Crippen molar-refractivity contribution >= 4 is 15.9 Å². The molecule has 0 aliphatic heterocycles. The maximum atomic E-state index is 5.66. The molecule has 18 heavy (non-hydrogen) atoms. The summed E-state index contributed by atoms with van der Waals surface area (Å²) < 4.78 is 6.22. The minimum atomic E-state index is 0.310. The van der Waals surface area contributed by atoms with E-state index in [1.807, 2.05) is 6.07 Å². The molecule has 2 unspecified atom stereocenters. The molecule has 0 spiro atoms. The van der Waals surface area contributed by atoms with Crippen molar-refractivity contribution in [3.05, 3.63) is 28.2 Å². The fourth-order valence-electron chi connectivity index (χ4n) is 2.17. The molecule has 2 atom stereocenters. The van der Waals surface area contributed by atoms with Gasteiger partial charge in [0.2, 0.25) is 0 Å². The fraction of sp³-hybridized carbons (Fsp3) is 0.571. The molecule has 0 amide bonds. The maximum absolute atomic E-state index is 5.66. The lowest BCUT2D eigenvalue weighted by Crippen LogP contribution is -2.41. The van der Waals surface area contributed by atoms with Gasteiger partial charge in [-0.1, -0.05) is 26.3 Å². The predicted molar refractivity (Wildman–Crippen MR) is 79.6 cm³/mol. The number of nitrogens with one attached hydrogen (secondary N) is 1. The van der Waals surface area contributed by atoms with E-state index in [9.17, 15) is 0 Å². The molecule has 0 saturated carbocycles. The van der Waals surface area contributed by atoms with E-state index in [1.165, 1.54) is 18.4 Å². The number of ether oxygens (including phenoxy) is 1. The van der Waals surface area contributed by atoms with Crippen LogP contribution >= 0.6 is 15.9 Å². The van der Waals surface area contributed by atoms with Crippen LogP contribution in [-0.2, 0) is 6.42 Å². The summed E-state index contributed by atoms with van der Waals surface area (Å²) in [6.45, 7) is 4.45. The number of halogens is 1. The first kappa shape index (κ1) is 15.5. The van der Waals surface area contributed by atoms with E-state index >= 15 is 0 Å². The summed E-state index contributed by atoms with van der Waals surface area (Å²) in [6.07, 6.45) is 3.30. The van der Waals surface area contributed by atoms with Crippen LogP contribution in [0.25, 0.3) is 0 Å². The third-order valence-electron chi connectivity index (χ3n) is 3.32. The highest BCUT2D eigenvalue weighted by molar-refractivity contribution is 9.10. The zero-order valence-electron chi connectivity index (χ0n) is 11.4. The normalized spacial score (nSPS) is 14.3. The Morgan fingerprint density at radius 3 is 2.67 bits per heavy atom. The topological polar surface area (TPSA) is 47.3 Å². The van der Waals surface area contributed by atoms with Crippen molar-refractivity contribution in [2.75, 3.05) is 7.11 Å². The van der Waals surface area contributed by atoms with Gasteiger partial charge in [0, 0.05) is 6.04 Å². The molecule has 0 radical (unpaired) electrons. The van der Waals surface area contributed by atoms with Gasteiger partial charge < -0.3 is 4.74 Å². The van der Waals surface area contributed by atoms with E-state index in [-0.39, 0.29) is 0 Å². The van der Waals surface area contributed by atoms with Crippen molar-refractivity contribution in [2.24, 2.45) is 11.8 Å². The molecular formula is C14H23BrN2O. The molecular weight excluding hydrogens is 292 g/mol. The third kappa shape index (κ3) is 4.26. The minimum Gasteiger partial charge on any atom is -0.496 e. The van der Waals surface area contributed by atoms with Gasteiger partial charge in [-0.2, -0.15) is 0 Å². The summed E-state index contributed by atoms with van der Waals surface area (Å²) >= 11 is 3.51. The van der Waals surface area contributed by atoms with Gasteiger partial charge in [0.1, 0.15) is 5.75 Å². The first-order valence-electron chi connectivity index (χ1n) is 6.40. The molecule has 1 rings (SSSR count). The van der Waals surface area contributed by atoms with E-state index < -0.39 is 0 Å². The van der Waals surface area contributed by atoms with Crippen molar-refractivity contribution < 1.29 is 4.74 Å². The SMILES string of the molecule is CCCC(C)C(Cc1ccc(OC)c(Br)c1)NN. The Morgan fingerprint density at radius 1 is 1.44 bits per heavy atom. The highest BCUT2D eigenvalue weighted by Gasteiger charge is 2.16. The van der Waals surface area contributed by atoms with Crippen LogP contribution < -0.4 is 16.0 Å². The van der Waals surface area contributed by atoms with Gasteiger partial charge in [-0.25, -0.2) is 0 Å². The summed E-state index contributed by atoms with van der Waals surface area (Å²) in [5.74, 6) is 7.09. The molecule has 3 N–H and O–H groups in total. The van der Waals surface area contributed by atoms with E-state index in [4.69, 9.17) is 10.6 Å². The second-order valence-corrected chi connectivity index (χ2v) is 5.57. The number of nitrogens with two attached hydrogens (primary N) is 1. The second-order valence-electron chi connectivity index (χ2n) is 4.71. The van der Waals surface area contributed by atoms with Gasteiger partial charge in [0.25, 0.3) is 0 Å². The van der Waals surface area contributed by atoms with Crippen LogP contribution in [0.2, 0.25) is 0 Å². The van der Waals surface area contributed by atoms with Crippen molar-refractivity contribution in [1.29, 1.82) is 0 Å². The summed E-state index contributed by atoms with van der Waals surface area (Å²) in [5, 5.41) is 0. The van der Waals surface area contributed by atoms with Crippen molar-refractivity contribution in [2.45, 2.75) is 39.2 Å². The molecule has 102 valence electrons. The molecule has 0 fully saturated rings. The molecule has 0 heterocycles. The molecule has 0 saturated heterocycles. The standard InChI is InChI=1S/C14H23BrN2O/c1-4-5-10(2)13(17-16)9-11-6-7-14(18-3)12(15)8-11/h6-8,10,13,17H,4-5,9,16H2,1-3H3. The summed E-state index contributed by atoms with van der Waals surface area (Å²) in [4.78, 5) is 0. The monoisotopic (exact) mass is 314 g/mol. The molecule has 0 aliphatic carbocycles. The average molecular weight is 315 g/mol. The van der Waals surface area contributed by atoms with E-state index in [0.29, 0.717) is 12.0 Å². The van der Waals surface area contributed by atoms with Crippen molar-refractivity contribution in [1.82, 2.24) is 5.43 Å². The van der Waals surface area contributed by atoms with Crippen LogP contribution in [0.5, 0.6) is 5.75 Å². The molecule has 4 heteroatoms. The van der Waals surface area contributed by atoms with Crippen LogP contribution in [0.1, 0.15) is 32.3 Å². The van der Waals surface area contributed by atoms with Gasteiger partial charge in [-0.3, -0.25) is 11.3 Å². The third-order valence-corrected chi connectivity index (χ3v) is 3.94. The van der Waals surface area contributed by atoms with E-state index in [2.05, 4.69) is 47.3 Å². The molecule has 0 aromatic heterocycles. The van der Waals surface area contributed by atoms with Gasteiger partial charge in [0.15, 0.2) is 0 Å². The number of hydrogen-bond donors (Lipinski definition) is 2. The Morgan fingerprint density at radius 2 is 2.17 bits per heavy atom. The zero-order chi connectivity index (χ0) is 13.5. The summed E-state index contributed by atoms with van der Waals surface area (Å²) in [5.41, 5.74) is 4.19. The largest absolute Gasteiger partial charge is 0.496 e. The van der Waals surface area contributed by atoms with Crippen molar-refractivity contribution in [3.8, 4) is 5.75 Å². The molecule has 0 aliphatic rings. The van der Waals surface area contributed by atoms with Crippen molar-refractivity contribution in [3.63, 3.8) is 0 Å². The zero-order valence-corrected chi connectivity index (χ0v) is 13.0. The van der Waals surface area contributed by atoms with Crippen LogP contribution in [0.15, 0.2) is 22.7 Å². The van der Waals surface area contributed by atoms with E-state index in [0.717, 1.165) is 16.6 Å². The molecule has 1 aromatic rings. The maximum Gasteiger partial charge on any atom is 0.133 e. The van der Waals surface area contributed by atoms with Gasteiger partial charge in [0.05, 0.1) is 11.6 Å². The molecule has 1 aromatic carbocycles. The Balaban J connectivity index is 2.72. The first-order chi connectivity index (χ1) is 8.62. The quantitative estimate of drug-likeness (QED) is 0.600. The minimum absolute atomic E-state index is 0.310. The van der Waals surface area contributed by atoms with E-state index in [1.54, 1.807) is 7.11 Å². The number of benzene rings is 1. The number of rotatable bonds is 7. The average Bonchev–Trinajstić information content (AvgIpc) is 2.36. The van der Waals surface area contributed by atoms with Gasteiger partial charge in [-0.05, 0) is 52.4 Å². The fourth-order valence-corrected chi connectivity index (χ4v) is 2.76. The highest BCUT2D eigenvalue weighted by Crippen LogP contribution is 2.26.